The zero-order chi connectivity index (χ0) is 23.2. The zero-order valence-electron chi connectivity index (χ0n) is 19.2. The van der Waals surface area contributed by atoms with Gasteiger partial charge in [0, 0.05) is 25.9 Å². The second kappa shape index (κ2) is 8.21. The van der Waals surface area contributed by atoms with Gasteiger partial charge in [-0.15, -0.1) is 0 Å². The molecular formula is C26H29N3O4. The predicted octanol–water partition coefficient (Wildman–Crippen LogP) is 3.75. The van der Waals surface area contributed by atoms with E-state index in [1.54, 1.807) is 23.0 Å². The highest BCUT2D eigenvalue weighted by Crippen LogP contribution is 2.44. The van der Waals surface area contributed by atoms with Gasteiger partial charge in [-0.05, 0) is 56.4 Å². The minimum absolute atomic E-state index is 0.0369. The Morgan fingerprint density at radius 1 is 1.09 bits per heavy atom. The molecule has 3 aliphatic rings. The Balaban J connectivity index is 1.33. The fraction of sp³-hybridized carbons (Fsp3) is 0.423. The van der Waals surface area contributed by atoms with Crippen LogP contribution in [0.25, 0.3) is 0 Å². The van der Waals surface area contributed by atoms with Crippen molar-refractivity contribution in [1.29, 1.82) is 0 Å². The number of ether oxygens (including phenoxy) is 1. The van der Waals surface area contributed by atoms with E-state index in [4.69, 9.17) is 4.74 Å². The molecule has 0 saturated carbocycles. The molecule has 2 aromatic carbocycles. The molecule has 0 aliphatic carbocycles. The van der Waals surface area contributed by atoms with Crippen LogP contribution in [-0.4, -0.2) is 48.5 Å². The number of carbonyl (C=O) groups is 3. The molecule has 1 saturated heterocycles. The van der Waals surface area contributed by atoms with Gasteiger partial charge in [-0.25, -0.2) is 0 Å². The molecule has 172 valence electrons. The van der Waals surface area contributed by atoms with Gasteiger partial charge >= 0.3 is 0 Å². The number of amides is 3. The van der Waals surface area contributed by atoms with Crippen LogP contribution in [0.15, 0.2) is 42.5 Å². The Labute approximate surface area is 193 Å². The Kier molecular flexibility index (Phi) is 5.35. The molecule has 1 unspecified atom stereocenters. The predicted molar refractivity (Wildman–Crippen MR) is 126 cm³/mol. The number of para-hydroxylation sites is 2. The molecule has 2 aromatic rings. The van der Waals surface area contributed by atoms with E-state index in [0.29, 0.717) is 50.0 Å². The maximum absolute atomic E-state index is 13.4. The van der Waals surface area contributed by atoms with Gasteiger partial charge in [0.05, 0.1) is 24.0 Å². The fourth-order valence-electron chi connectivity index (χ4n) is 5.59. The first-order chi connectivity index (χ1) is 16.0. The smallest absolute Gasteiger partial charge is 0.257 e. The third-order valence-electron chi connectivity index (χ3n) is 7.22. The molecular weight excluding hydrogens is 418 g/mol. The molecule has 33 heavy (non-hydrogen) atoms. The SMILES string of the molecule is COc1cccc2c1N(C(=O)CCCN1C(=O)c3ccccc3N3C(=O)CCC13C)CCC2. The van der Waals surface area contributed by atoms with Crippen LogP contribution >= 0.6 is 0 Å². The maximum Gasteiger partial charge on any atom is 0.257 e. The number of anilines is 2. The summed E-state index contributed by atoms with van der Waals surface area (Å²) in [5.74, 6) is 0.720. The molecule has 3 heterocycles. The number of carbonyl (C=O) groups excluding carboxylic acids is 3. The first-order valence-electron chi connectivity index (χ1n) is 11.7. The van der Waals surface area contributed by atoms with E-state index in [0.717, 1.165) is 29.8 Å². The maximum atomic E-state index is 13.4. The summed E-state index contributed by atoms with van der Waals surface area (Å²) in [6.07, 6.45) is 3.72. The normalized spacial score (nSPS) is 21.6. The summed E-state index contributed by atoms with van der Waals surface area (Å²) < 4.78 is 5.53. The van der Waals surface area contributed by atoms with Crippen LogP contribution in [-0.2, 0) is 16.0 Å². The highest BCUT2D eigenvalue weighted by molar-refractivity contribution is 6.10. The van der Waals surface area contributed by atoms with E-state index >= 15 is 0 Å². The number of nitrogens with zero attached hydrogens (tertiary/aromatic N) is 3. The number of hydrogen-bond acceptors (Lipinski definition) is 4. The van der Waals surface area contributed by atoms with Gasteiger partial charge in [0.25, 0.3) is 5.91 Å². The molecule has 7 nitrogen and oxygen atoms in total. The van der Waals surface area contributed by atoms with E-state index in [9.17, 15) is 14.4 Å². The van der Waals surface area contributed by atoms with E-state index in [2.05, 4.69) is 0 Å². The third-order valence-corrected chi connectivity index (χ3v) is 7.22. The second-order valence-electron chi connectivity index (χ2n) is 9.14. The largest absolute Gasteiger partial charge is 0.495 e. The van der Waals surface area contributed by atoms with Crippen molar-refractivity contribution in [3.63, 3.8) is 0 Å². The lowest BCUT2D eigenvalue weighted by molar-refractivity contribution is -0.119. The van der Waals surface area contributed by atoms with Crippen molar-refractivity contribution in [2.24, 2.45) is 0 Å². The lowest BCUT2D eigenvalue weighted by Crippen LogP contribution is -2.62. The first kappa shape index (κ1) is 21.5. The molecule has 1 fully saturated rings. The summed E-state index contributed by atoms with van der Waals surface area (Å²) in [7, 11) is 1.63. The van der Waals surface area contributed by atoms with Crippen LogP contribution in [0.2, 0.25) is 0 Å². The van der Waals surface area contributed by atoms with Crippen molar-refractivity contribution in [1.82, 2.24) is 4.90 Å². The molecule has 7 heteroatoms. The third kappa shape index (κ3) is 3.37. The molecule has 0 radical (unpaired) electrons. The molecule has 0 spiro atoms. The summed E-state index contributed by atoms with van der Waals surface area (Å²) in [4.78, 5) is 44.7. The molecule has 5 rings (SSSR count). The van der Waals surface area contributed by atoms with Crippen LogP contribution in [0.3, 0.4) is 0 Å². The molecule has 0 bridgehead atoms. The average Bonchev–Trinajstić information content (AvgIpc) is 3.15. The zero-order valence-corrected chi connectivity index (χ0v) is 19.2. The number of aryl methyl sites for hydroxylation is 1. The number of hydrogen-bond donors (Lipinski definition) is 0. The highest BCUT2D eigenvalue weighted by atomic mass is 16.5. The number of fused-ring (bicyclic) bond motifs is 4. The van der Waals surface area contributed by atoms with Crippen molar-refractivity contribution >= 4 is 29.1 Å². The van der Waals surface area contributed by atoms with E-state index in [1.165, 1.54) is 0 Å². The monoisotopic (exact) mass is 447 g/mol. The van der Waals surface area contributed by atoms with Gasteiger partial charge in [0.2, 0.25) is 11.8 Å². The van der Waals surface area contributed by atoms with Gasteiger partial charge in [0.15, 0.2) is 0 Å². The van der Waals surface area contributed by atoms with Crippen LogP contribution in [0.5, 0.6) is 5.75 Å². The summed E-state index contributed by atoms with van der Waals surface area (Å²) in [6, 6.07) is 13.2. The molecule has 3 amide bonds. The van der Waals surface area contributed by atoms with Gasteiger partial charge < -0.3 is 14.5 Å². The van der Waals surface area contributed by atoms with Crippen molar-refractivity contribution < 1.29 is 19.1 Å². The minimum atomic E-state index is -0.688. The number of methoxy groups -OCH3 is 1. The summed E-state index contributed by atoms with van der Waals surface area (Å²) in [5.41, 5.74) is 2.55. The lowest BCUT2D eigenvalue weighted by atomic mass is 9.97. The van der Waals surface area contributed by atoms with Gasteiger partial charge in [-0.1, -0.05) is 24.3 Å². The molecule has 3 aliphatic heterocycles. The highest BCUT2D eigenvalue weighted by Gasteiger charge is 2.52. The Hall–Kier alpha value is -3.35. The number of benzene rings is 2. The van der Waals surface area contributed by atoms with Crippen LogP contribution < -0.4 is 14.5 Å². The Morgan fingerprint density at radius 2 is 1.91 bits per heavy atom. The summed E-state index contributed by atoms with van der Waals surface area (Å²) in [6.45, 7) is 3.05. The van der Waals surface area contributed by atoms with E-state index in [1.807, 2.05) is 48.2 Å². The van der Waals surface area contributed by atoms with Crippen LogP contribution in [0, 0.1) is 0 Å². The van der Waals surface area contributed by atoms with E-state index in [-0.39, 0.29) is 17.7 Å². The van der Waals surface area contributed by atoms with Gasteiger partial charge in [0.1, 0.15) is 11.4 Å². The molecule has 1 atom stereocenters. The number of rotatable bonds is 5. The fourth-order valence-corrected chi connectivity index (χ4v) is 5.59. The van der Waals surface area contributed by atoms with Gasteiger partial charge in [-0.2, -0.15) is 0 Å². The molecule has 0 aromatic heterocycles. The van der Waals surface area contributed by atoms with Crippen molar-refractivity contribution in [3.05, 3.63) is 53.6 Å². The average molecular weight is 448 g/mol. The summed E-state index contributed by atoms with van der Waals surface area (Å²) >= 11 is 0. The van der Waals surface area contributed by atoms with Gasteiger partial charge in [-0.3, -0.25) is 19.3 Å². The molecule has 0 N–H and O–H groups in total. The topological polar surface area (TPSA) is 70.2 Å². The van der Waals surface area contributed by atoms with Crippen molar-refractivity contribution in [2.45, 2.75) is 51.1 Å². The van der Waals surface area contributed by atoms with Crippen molar-refractivity contribution in [2.75, 3.05) is 30.0 Å². The van der Waals surface area contributed by atoms with Crippen molar-refractivity contribution in [3.8, 4) is 5.75 Å². The Morgan fingerprint density at radius 3 is 2.73 bits per heavy atom. The van der Waals surface area contributed by atoms with Crippen LogP contribution in [0.1, 0.15) is 54.9 Å². The lowest BCUT2D eigenvalue weighted by Gasteiger charge is -2.48. The first-order valence-corrected chi connectivity index (χ1v) is 11.7. The standard InChI is InChI=1S/C26H29N3O4/c1-26-15-14-23(31)29(26)20-11-4-3-10-19(20)25(32)28(26)17-7-13-22(30)27-16-6-9-18-8-5-12-21(33-2)24(18)27/h3-5,8,10-12H,6-7,9,13-17H2,1-2H3. The quantitative estimate of drug-likeness (QED) is 0.700. The van der Waals surface area contributed by atoms with Crippen LogP contribution in [0.4, 0.5) is 11.4 Å². The Bertz CT molecular complexity index is 1120. The second-order valence-corrected chi connectivity index (χ2v) is 9.14. The van der Waals surface area contributed by atoms with E-state index < -0.39 is 5.66 Å². The minimum Gasteiger partial charge on any atom is -0.495 e. The summed E-state index contributed by atoms with van der Waals surface area (Å²) in [5, 5.41) is 0.